The van der Waals surface area contributed by atoms with Crippen LogP contribution in [-0.2, 0) is 16.2 Å². The van der Waals surface area contributed by atoms with Crippen molar-refractivity contribution in [1.82, 2.24) is 19.0 Å². The monoisotopic (exact) mass is 490 g/mol. The van der Waals surface area contributed by atoms with Gasteiger partial charge in [-0.25, -0.2) is 13.1 Å². The van der Waals surface area contributed by atoms with Crippen LogP contribution in [0.5, 0.6) is 0 Å². The molecule has 0 atom stereocenters. The zero-order chi connectivity index (χ0) is 22.4. The van der Waals surface area contributed by atoms with Crippen molar-refractivity contribution >= 4 is 33.0 Å². The van der Waals surface area contributed by atoms with E-state index in [-0.39, 0.29) is 20.6 Å². The number of thiophene rings is 1. The van der Waals surface area contributed by atoms with Crippen molar-refractivity contribution in [1.29, 1.82) is 0 Å². The summed E-state index contributed by atoms with van der Waals surface area (Å²) in [7, 11) is -1.81. The van der Waals surface area contributed by atoms with Crippen molar-refractivity contribution in [2.24, 2.45) is 0 Å². The average Bonchev–Trinajstić information content (AvgIpc) is 3.36. The molecule has 6 nitrogen and oxygen atoms in total. The molecule has 1 saturated heterocycles. The molecule has 0 radical (unpaired) electrons. The van der Waals surface area contributed by atoms with Gasteiger partial charge in [-0.05, 0) is 37.4 Å². The molecular formula is C19H18ClF3N4O2S2. The van der Waals surface area contributed by atoms with E-state index in [2.05, 4.69) is 5.10 Å². The van der Waals surface area contributed by atoms with Crippen molar-refractivity contribution in [3.8, 4) is 16.3 Å². The van der Waals surface area contributed by atoms with Gasteiger partial charge in [-0.2, -0.15) is 22.6 Å². The number of alkyl halides is 3. The number of aromatic nitrogens is 2. The molecule has 0 unspecified atom stereocenters. The maximum Gasteiger partial charge on any atom is 0.435 e. The Hall–Kier alpha value is -1.92. The quantitative estimate of drug-likeness (QED) is 0.550. The molecule has 1 aliphatic heterocycles. The van der Waals surface area contributed by atoms with E-state index in [1.54, 1.807) is 24.3 Å². The molecule has 1 fully saturated rings. The van der Waals surface area contributed by atoms with Gasteiger partial charge in [0.2, 0.25) is 0 Å². The number of benzene rings is 1. The fourth-order valence-corrected chi connectivity index (χ4v) is 6.35. The van der Waals surface area contributed by atoms with Crippen LogP contribution < -0.4 is 0 Å². The molecule has 3 heterocycles. The smallest absolute Gasteiger partial charge is 0.304 e. The summed E-state index contributed by atoms with van der Waals surface area (Å²) in [5.41, 5.74) is -0.698. The van der Waals surface area contributed by atoms with Crippen molar-refractivity contribution in [3.05, 3.63) is 53.2 Å². The Balaban J connectivity index is 1.76. The van der Waals surface area contributed by atoms with Gasteiger partial charge in [0.15, 0.2) is 5.69 Å². The first-order valence-corrected chi connectivity index (χ1v) is 11.9. The summed E-state index contributed by atoms with van der Waals surface area (Å²) in [5, 5.41) is 3.93. The van der Waals surface area contributed by atoms with E-state index < -0.39 is 21.9 Å². The van der Waals surface area contributed by atoms with Gasteiger partial charge in [-0.3, -0.25) is 0 Å². The summed E-state index contributed by atoms with van der Waals surface area (Å²) in [6, 6.07) is 10.2. The molecule has 0 saturated carbocycles. The Labute approximate surface area is 186 Å². The van der Waals surface area contributed by atoms with Crippen molar-refractivity contribution < 1.29 is 21.6 Å². The SMILES string of the molecule is CN1CCN(S(=O)(=O)c2ccc(-c3cc(C(F)(F)F)nn3-c3ccccc3Cl)s2)CC1. The fraction of sp³-hybridized carbons (Fsp3) is 0.316. The van der Waals surface area contributed by atoms with E-state index in [0.717, 1.165) is 22.1 Å². The molecule has 0 spiro atoms. The lowest BCUT2D eigenvalue weighted by molar-refractivity contribution is -0.141. The van der Waals surface area contributed by atoms with E-state index in [0.29, 0.717) is 31.1 Å². The first-order chi connectivity index (χ1) is 14.6. The molecule has 0 bridgehead atoms. The van der Waals surface area contributed by atoms with Gasteiger partial charge in [0.05, 0.1) is 21.3 Å². The second-order valence-electron chi connectivity index (χ2n) is 7.10. The van der Waals surface area contributed by atoms with Gasteiger partial charge in [-0.15, -0.1) is 11.3 Å². The highest BCUT2D eigenvalue weighted by Gasteiger charge is 2.36. The van der Waals surface area contributed by atoms with Gasteiger partial charge in [-0.1, -0.05) is 23.7 Å². The molecule has 1 aliphatic rings. The van der Waals surface area contributed by atoms with E-state index in [1.807, 2.05) is 11.9 Å². The molecule has 12 heteroatoms. The van der Waals surface area contributed by atoms with Crippen molar-refractivity contribution in [3.63, 3.8) is 0 Å². The number of halogens is 4. The van der Waals surface area contributed by atoms with Crippen LogP contribution in [0.3, 0.4) is 0 Å². The second-order valence-corrected chi connectivity index (χ2v) is 10.8. The van der Waals surface area contributed by atoms with Gasteiger partial charge < -0.3 is 4.90 Å². The topological polar surface area (TPSA) is 58.4 Å². The molecule has 31 heavy (non-hydrogen) atoms. The van der Waals surface area contributed by atoms with E-state index in [1.165, 1.54) is 16.4 Å². The molecular weight excluding hydrogens is 473 g/mol. The van der Waals surface area contributed by atoms with Crippen LogP contribution in [0.15, 0.2) is 46.7 Å². The predicted octanol–water partition coefficient (Wildman–Crippen LogP) is 4.21. The number of piperazine rings is 1. The van der Waals surface area contributed by atoms with E-state index in [9.17, 15) is 21.6 Å². The summed E-state index contributed by atoms with van der Waals surface area (Å²) in [6.07, 6.45) is -4.66. The molecule has 0 aliphatic carbocycles. The highest BCUT2D eigenvalue weighted by atomic mass is 35.5. The largest absolute Gasteiger partial charge is 0.435 e. The van der Waals surface area contributed by atoms with Gasteiger partial charge in [0.25, 0.3) is 10.0 Å². The lowest BCUT2D eigenvalue weighted by Gasteiger charge is -2.31. The van der Waals surface area contributed by atoms with Crippen molar-refractivity contribution in [2.75, 3.05) is 33.2 Å². The second kappa shape index (κ2) is 8.21. The normalized spacial score (nSPS) is 16.7. The van der Waals surface area contributed by atoms with E-state index in [4.69, 9.17) is 11.6 Å². The first kappa shape index (κ1) is 22.3. The molecule has 3 aromatic rings. The Kier molecular flexibility index (Phi) is 5.90. The zero-order valence-electron chi connectivity index (χ0n) is 16.3. The third kappa shape index (κ3) is 4.37. The Bertz CT molecular complexity index is 1200. The summed E-state index contributed by atoms with van der Waals surface area (Å²) in [5.74, 6) is 0. The Morgan fingerprint density at radius 2 is 1.74 bits per heavy atom. The van der Waals surface area contributed by atoms with Gasteiger partial charge >= 0.3 is 6.18 Å². The number of likely N-dealkylation sites (N-methyl/N-ethyl adjacent to an activating group) is 1. The Morgan fingerprint density at radius 3 is 2.39 bits per heavy atom. The number of hydrogen-bond donors (Lipinski definition) is 0. The van der Waals surface area contributed by atoms with Crippen LogP contribution in [0, 0.1) is 0 Å². The number of nitrogens with zero attached hydrogens (tertiary/aromatic N) is 4. The number of hydrogen-bond acceptors (Lipinski definition) is 5. The third-order valence-corrected chi connectivity index (χ3v) is 8.76. The van der Waals surface area contributed by atoms with Crippen LogP contribution in [0.4, 0.5) is 13.2 Å². The highest BCUT2D eigenvalue weighted by molar-refractivity contribution is 7.91. The minimum absolute atomic E-state index is 0.0764. The maximum absolute atomic E-state index is 13.4. The average molecular weight is 491 g/mol. The summed E-state index contributed by atoms with van der Waals surface area (Å²) in [6.45, 7) is 1.96. The molecule has 1 aromatic carbocycles. The molecule has 0 amide bonds. The van der Waals surface area contributed by atoms with Gasteiger partial charge in [0, 0.05) is 26.2 Å². The molecule has 2 aromatic heterocycles. The lowest BCUT2D eigenvalue weighted by Crippen LogP contribution is -2.46. The van der Waals surface area contributed by atoms with E-state index >= 15 is 0 Å². The maximum atomic E-state index is 13.4. The minimum atomic E-state index is -4.66. The Morgan fingerprint density at radius 1 is 1.06 bits per heavy atom. The van der Waals surface area contributed by atoms with Crippen LogP contribution in [0.1, 0.15) is 5.69 Å². The summed E-state index contributed by atoms with van der Waals surface area (Å²) < 4.78 is 68.7. The number of para-hydroxylation sites is 1. The fourth-order valence-electron chi connectivity index (χ4n) is 3.25. The van der Waals surface area contributed by atoms with Crippen LogP contribution in [-0.4, -0.2) is 60.6 Å². The van der Waals surface area contributed by atoms with Crippen molar-refractivity contribution in [2.45, 2.75) is 10.4 Å². The first-order valence-electron chi connectivity index (χ1n) is 9.28. The summed E-state index contributed by atoms with van der Waals surface area (Å²) >= 11 is 7.10. The number of rotatable bonds is 4. The third-order valence-electron chi connectivity index (χ3n) is 4.97. The standard InChI is InChI=1S/C19H18ClF3N4O2S2/c1-25-8-10-26(11-9-25)31(28,29)18-7-6-16(30-18)15-12-17(19(21,22)23)24-27(15)14-5-3-2-4-13(14)20/h2-7,12H,8-11H2,1H3. The minimum Gasteiger partial charge on any atom is -0.304 e. The molecule has 166 valence electrons. The molecule has 0 N–H and O–H groups in total. The number of sulfonamides is 1. The van der Waals surface area contributed by atoms with Crippen LogP contribution in [0.25, 0.3) is 16.3 Å². The van der Waals surface area contributed by atoms with Gasteiger partial charge in [0.1, 0.15) is 4.21 Å². The lowest BCUT2D eigenvalue weighted by atomic mass is 10.2. The predicted molar refractivity (Wildman–Crippen MR) is 113 cm³/mol. The zero-order valence-corrected chi connectivity index (χ0v) is 18.7. The highest BCUT2D eigenvalue weighted by Crippen LogP contribution is 2.38. The summed E-state index contributed by atoms with van der Waals surface area (Å²) in [4.78, 5) is 2.38. The molecule has 4 rings (SSSR count). The van der Waals surface area contributed by atoms with Crippen LogP contribution >= 0.6 is 22.9 Å². The van der Waals surface area contributed by atoms with Crippen LogP contribution in [0.2, 0.25) is 5.02 Å².